The summed E-state index contributed by atoms with van der Waals surface area (Å²) in [6, 6.07) is 15.4. The standard InChI is InChI=1S/C26H22F4N6O2S/c1-15(2)21-12-5-17(27)13-22(21)33-25(39)34-24(37)32-18-6-3-16(4-7-18)23-31-14-36(35-23)19-8-10-20(11-9-19)38-26(28,29)30/h3-15H,1-2H3,(H3,32,33,34,37,39). The number of nitrogens with zero attached hydrogens (tertiary/aromatic N) is 4. The van der Waals surface area contributed by atoms with Crippen molar-refractivity contribution in [2.24, 2.45) is 4.99 Å². The number of aliphatic imine (C=N–C) groups is 1. The third-order valence-corrected chi connectivity index (χ3v) is 5.52. The van der Waals surface area contributed by atoms with Crippen LogP contribution in [0.5, 0.6) is 5.75 Å². The van der Waals surface area contributed by atoms with E-state index in [1.807, 2.05) is 13.8 Å². The number of carbonyl (C=O) groups is 1. The number of carbonyl (C=O) groups excluding carboxylic acids is 1. The van der Waals surface area contributed by atoms with Crippen molar-refractivity contribution < 1.29 is 27.1 Å². The van der Waals surface area contributed by atoms with Crippen LogP contribution in [0.15, 0.2) is 78.0 Å². The molecule has 0 bridgehead atoms. The fourth-order valence-corrected chi connectivity index (χ4v) is 3.77. The molecule has 39 heavy (non-hydrogen) atoms. The predicted molar refractivity (Wildman–Crippen MR) is 143 cm³/mol. The first kappa shape index (κ1) is 27.6. The molecule has 0 radical (unpaired) electrons. The van der Waals surface area contributed by atoms with Gasteiger partial charge in [0.05, 0.1) is 5.69 Å². The Morgan fingerprint density at radius 2 is 1.72 bits per heavy atom. The fraction of sp³-hybridized carbons (Fsp3) is 0.154. The van der Waals surface area contributed by atoms with E-state index in [2.05, 4.69) is 43.1 Å². The van der Waals surface area contributed by atoms with Crippen molar-refractivity contribution in [3.63, 3.8) is 0 Å². The molecule has 0 atom stereocenters. The van der Waals surface area contributed by atoms with Crippen LogP contribution in [0.1, 0.15) is 25.3 Å². The Balaban J connectivity index is 1.39. The van der Waals surface area contributed by atoms with Gasteiger partial charge >= 0.3 is 12.4 Å². The monoisotopic (exact) mass is 558 g/mol. The lowest BCUT2D eigenvalue weighted by Gasteiger charge is -2.14. The van der Waals surface area contributed by atoms with Gasteiger partial charge in [-0.3, -0.25) is 0 Å². The highest BCUT2D eigenvalue weighted by atomic mass is 32.1. The summed E-state index contributed by atoms with van der Waals surface area (Å²) in [5.41, 5.74) is 2.88. The Labute approximate surface area is 226 Å². The van der Waals surface area contributed by atoms with Gasteiger partial charge in [0.15, 0.2) is 11.0 Å². The molecule has 4 aromatic rings. The minimum Gasteiger partial charge on any atom is -0.406 e. The summed E-state index contributed by atoms with van der Waals surface area (Å²) in [6.45, 7) is 3.91. The van der Waals surface area contributed by atoms with Gasteiger partial charge in [0.1, 0.15) is 17.9 Å². The topological polar surface area (TPSA) is 93.4 Å². The molecule has 0 aliphatic rings. The third kappa shape index (κ3) is 7.57. The van der Waals surface area contributed by atoms with Gasteiger partial charge in [-0.25, -0.2) is 18.9 Å². The van der Waals surface area contributed by atoms with Crippen molar-refractivity contribution in [3.05, 3.63) is 84.4 Å². The van der Waals surface area contributed by atoms with Gasteiger partial charge < -0.3 is 15.4 Å². The number of amidine groups is 1. The molecule has 0 aliphatic carbocycles. The Morgan fingerprint density at radius 1 is 1.03 bits per heavy atom. The molecule has 0 saturated carbocycles. The van der Waals surface area contributed by atoms with Crippen LogP contribution in [0.25, 0.3) is 17.1 Å². The SMILES string of the molecule is CC(C)c1ccc(F)cc1N/C(S)=N/C(=O)Nc1ccc(-c2ncn(-c3ccc(OC(F)(F)F)cc3)n2)cc1. The molecular formula is C26H22F4N6O2S. The molecule has 0 saturated heterocycles. The van der Waals surface area contributed by atoms with E-state index in [9.17, 15) is 22.4 Å². The van der Waals surface area contributed by atoms with Gasteiger partial charge in [0.25, 0.3) is 0 Å². The lowest BCUT2D eigenvalue weighted by atomic mass is 10.0. The number of nitrogens with one attached hydrogen (secondary N) is 2. The van der Waals surface area contributed by atoms with E-state index < -0.39 is 18.2 Å². The number of amides is 2. The number of thiol groups is 1. The van der Waals surface area contributed by atoms with Crippen molar-refractivity contribution in [2.45, 2.75) is 26.1 Å². The molecule has 13 heteroatoms. The Kier molecular flexibility index (Phi) is 8.19. The zero-order valence-corrected chi connectivity index (χ0v) is 21.5. The maximum Gasteiger partial charge on any atom is 0.573 e. The molecule has 0 unspecified atom stereocenters. The van der Waals surface area contributed by atoms with Gasteiger partial charge in [0.2, 0.25) is 0 Å². The number of halogens is 4. The first-order valence-electron chi connectivity index (χ1n) is 11.5. The van der Waals surface area contributed by atoms with E-state index in [0.29, 0.717) is 28.5 Å². The normalized spacial score (nSPS) is 11.9. The third-order valence-electron chi connectivity index (χ3n) is 5.31. The summed E-state index contributed by atoms with van der Waals surface area (Å²) in [5.74, 6) is -0.302. The van der Waals surface area contributed by atoms with Gasteiger partial charge in [-0.1, -0.05) is 19.9 Å². The first-order chi connectivity index (χ1) is 18.5. The quantitative estimate of drug-likeness (QED) is 0.102. The second-order valence-electron chi connectivity index (χ2n) is 8.51. The summed E-state index contributed by atoms with van der Waals surface area (Å²) < 4.78 is 56.0. The van der Waals surface area contributed by atoms with Crippen molar-refractivity contribution >= 4 is 35.2 Å². The number of benzene rings is 3. The number of rotatable bonds is 6. The second-order valence-corrected chi connectivity index (χ2v) is 8.93. The smallest absolute Gasteiger partial charge is 0.406 e. The summed E-state index contributed by atoms with van der Waals surface area (Å²) in [4.78, 5) is 20.4. The zero-order valence-electron chi connectivity index (χ0n) is 20.6. The molecular weight excluding hydrogens is 536 g/mol. The number of alkyl halides is 3. The summed E-state index contributed by atoms with van der Waals surface area (Å²) >= 11 is 4.20. The van der Waals surface area contributed by atoms with Gasteiger partial charge in [-0.05, 0) is 72.1 Å². The van der Waals surface area contributed by atoms with Gasteiger partial charge in [-0.2, -0.15) is 4.99 Å². The minimum atomic E-state index is -4.77. The Morgan fingerprint density at radius 3 is 2.36 bits per heavy atom. The molecule has 1 aromatic heterocycles. The summed E-state index contributed by atoms with van der Waals surface area (Å²) in [7, 11) is 0. The fourth-order valence-electron chi connectivity index (χ4n) is 3.56. The van der Waals surface area contributed by atoms with Crippen molar-refractivity contribution in [1.82, 2.24) is 14.8 Å². The zero-order chi connectivity index (χ0) is 28.2. The number of ether oxygens (including phenoxy) is 1. The number of anilines is 2. The number of urea groups is 1. The molecule has 4 rings (SSSR count). The second kappa shape index (κ2) is 11.6. The highest BCUT2D eigenvalue weighted by molar-refractivity contribution is 7.97. The summed E-state index contributed by atoms with van der Waals surface area (Å²) in [5, 5.41) is 9.79. The van der Waals surface area contributed by atoms with Crippen LogP contribution in [-0.4, -0.2) is 32.3 Å². The lowest BCUT2D eigenvalue weighted by molar-refractivity contribution is -0.274. The molecule has 0 aliphatic heterocycles. The van der Waals surface area contributed by atoms with Crippen molar-refractivity contribution in [3.8, 4) is 22.8 Å². The maximum absolute atomic E-state index is 13.7. The van der Waals surface area contributed by atoms with Gasteiger partial charge in [-0.15, -0.1) is 30.9 Å². The molecule has 3 aromatic carbocycles. The summed E-state index contributed by atoms with van der Waals surface area (Å²) in [6.07, 6.45) is -3.35. The van der Waals surface area contributed by atoms with E-state index in [0.717, 1.165) is 5.56 Å². The van der Waals surface area contributed by atoms with Crippen molar-refractivity contribution in [2.75, 3.05) is 10.6 Å². The number of aromatic nitrogens is 3. The van der Waals surface area contributed by atoms with E-state index in [1.165, 1.54) is 47.4 Å². The van der Waals surface area contributed by atoms with E-state index in [1.54, 1.807) is 30.3 Å². The minimum absolute atomic E-state index is 0.00985. The Hall–Kier alpha value is -4.39. The van der Waals surface area contributed by atoms with Crippen LogP contribution in [0.2, 0.25) is 0 Å². The van der Waals surface area contributed by atoms with Crippen molar-refractivity contribution in [1.29, 1.82) is 0 Å². The lowest BCUT2D eigenvalue weighted by Crippen LogP contribution is -2.17. The van der Waals surface area contributed by atoms with E-state index >= 15 is 0 Å². The molecule has 8 nitrogen and oxygen atoms in total. The first-order valence-corrected chi connectivity index (χ1v) is 11.9. The molecule has 2 N–H and O–H groups in total. The number of hydrogen-bond donors (Lipinski definition) is 3. The molecule has 2 amide bonds. The van der Waals surface area contributed by atoms with Crippen LogP contribution in [0, 0.1) is 5.82 Å². The molecule has 0 spiro atoms. The highest BCUT2D eigenvalue weighted by Crippen LogP contribution is 2.26. The van der Waals surface area contributed by atoms with Crippen LogP contribution in [0.3, 0.4) is 0 Å². The predicted octanol–water partition coefficient (Wildman–Crippen LogP) is 7.03. The van der Waals surface area contributed by atoms with E-state index in [4.69, 9.17) is 0 Å². The van der Waals surface area contributed by atoms with Crippen LogP contribution >= 0.6 is 12.6 Å². The molecule has 202 valence electrons. The molecule has 0 fully saturated rings. The highest BCUT2D eigenvalue weighted by Gasteiger charge is 2.31. The average molecular weight is 559 g/mol. The van der Waals surface area contributed by atoms with Crippen LogP contribution in [-0.2, 0) is 0 Å². The number of hydrogen-bond acceptors (Lipinski definition) is 4. The maximum atomic E-state index is 13.7. The van der Waals surface area contributed by atoms with E-state index in [-0.39, 0.29) is 16.8 Å². The average Bonchev–Trinajstić information content (AvgIpc) is 3.34. The molecule has 1 heterocycles. The Bertz CT molecular complexity index is 1490. The van der Waals surface area contributed by atoms with Gasteiger partial charge in [0, 0.05) is 16.9 Å². The van der Waals surface area contributed by atoms with Crippen LogP contribution < -0.4 is 15.4 Å². The largest absolute Gasteiger partial charge is 0.573 e. The van der Waals surface area contributed by atoms with Crippen LogP contribution in [0.4, 0.5) is 33.7 Å².